The first-order valence-electron chi connectivity index (χ1n) is 6.35. The molecule has 18 heavy (non-hydrogen) atoms. The minimum absolute atomic E-state index is 0.237. The highest BCUT2D eigenvalue weighted by atomic mass is 16.5. The summed E-state index contributed by atoms with van der Waals surface area (Å²) in [6.07, 6.45) is 1.27. The fourth-order valence-electron chi connectivity index (χ4n) is 2.62. The van der Waals surface area contributed by atoms with E-state index in [1.165, 1.54) is 0 Å². The number of likely N-dealkylation sites (N-methyl/N-ethyl adjacent to an activating group) is 1. The molecular weight excluding hydrogens is 229 g/mol. The summed E-state index contributed by atoms with van der Waals surface area (Å²) in [5.41, 5.74) is 1.53. The van der Waals surface area contributed by atoms with Crippen molar-refractivity contribution in [1.82, 2.24) is 4.90 Å². The lowest BCUT2D eigenvalue weighted by molar-refractivity contribution is 0.0815. The molecule has 1 aliphatic heterocycles. The maximum Gasteiger partial charge on any atom is 0.488 e. The van der Waals surface area contributed by atoms with Gasteiger partial charge in [0.1, 0.15) is 0 Å². The Morgan fingerprint density at radius 2 is 2.11 bits per heavy atom. The monoisotopic (exact) mass is 249 g/mol. The molecule has 0 spiro atoms. The molecule has 0 bridgehead atoms. The zero-order valence-corrected chi connectivity index (χ0v) is 10.9. The standard InChI is InChI=1S/C13H20BNO3/c1-10-13(7-8-18-10)15(2)9-11-5-3-4-6-12(11)14(16)17/h3-6,10,13,16-17H,7-9H2,1-2H3. The second-order valence-corrected chi connectivity index (χ2v) is 4.92. The zero-order valence-electron chi connectivity index (χ0n) is 10.9. The van der Waals surface area contributed by atoms with Gasteiger partial charge in [0.2, 0.25) is 0 Å². The maximum atomic E-state index is 9.35. The molecule has 4 nitrogen and oxygen atoms in total. The van der Waals surface area contributed by atoms with Crippen LogP contribution in [0.1, 0.15) is 18.9 Å². The van der Waals surface area contributed by atoms with E-state index >= 15 is 0 Å². The number of hydrogen-bond donors (Lipinski definition) is 2. The largest absolute Gasteiger partial charge is 0.488 e. The number of ether oxygens (including phenoxy) is 1. The average molecular weight is 249 g/mol. The summed E-state index contributed by atoms with van der Waals surface area (Å²) in [4.78, 5) is 2.22. The van der Waals surface area contributed by atoms with Gasteiger partial charge in [0.05, 0.1) is 6.10 Å². The minimum atomic E-state index is -1.41. The molecule has 0 amide bonds. The lowest BCUT2D eigenvalue weighted by Crippen LogP contribution is -2.40. The molecule has 0 aliphatic carbocycles. The number of nitrogens with zero attached hydrogens (tertiary/aromatic N) is 1. The van der Waals surface area contributed by atoms with Gasteiger partial charge < -0.3 is 14.8 Å². The fraction of sp³-hybridized carbons (Fsp3) is 0.538. The van der Waals surface area contributed by atoms with Crippen LogP contribution in [0.15, 0.2) is 24.3 Å². The van der Waals surface area contributed by atoms with Crippen molar-refractivity contribution < 1.29 is 14.8 Å². The molecule has 5 heteroatoms. The molecule has 1 aliphatic rings. The molecule has 1 aromatic rings. The Balaban J connectivity index is 2.09. The number of rotatable bonds is 4. The SMILES string of the molecule is CC1OCCC1N(C)Cc1ccccc1B(O)O. The molecule has 0 saturated carbocycles. The van der Waals surface area contributed by atoms with Gasteiger partial charge in [0.15, 0.2) is 0 Å². The average Bonchev–Trinajstić information content (AvgIpc) is 2.76. The van der Waals surface area contributed by atoms with Gasteiger partial charge in [0, 0.05) is 19.2 Å². The molecule has 0 aromatic heterocycles. The Bertz CT molecular complexity index is 400. The van der Waals surface area contributed by atoms with Gasteiger partial charge in [0.25, 0.3) is 0 Å². The molecule has 98 valence electrons. The number of benzene rings is 1. The summed E-state index contributed by atoms with van der Waals surface area (Å²) in [5, 5.41) is 18.7. The van der Waals surface area contributed by atoms with E-state index in [4.69, 9.17) is 4.74 Å². The minimum Gasteiger partial charge on any atom is -0.423 e. The Hall–Kier alpha value is -0.875. The van der Waals surface area contributed by atoms with Crippen LogP contribution in [-0.4, -0.2) is 47.9 Å². The molecule has 2 unspecified atom stereocenters. The molecule has 2 rings (SSSR count). The molecule has 2 N–H and O–H groups in total. The van der Waals surface area contributed by atoms with Crippen LogP contribution >= 0.6 is 0 Å². The lowest BCUT2D eigenvalue weighted by atomic mass is 9.77. The van der Waals surface area contributed by atoms with Crippen LogP contribution in [0.5, 0.6) is 0 Å². The highest BCUT2D eigenvalue weighted by molar-refractivity contribution is 6.59. The van der Waals surface area contributed by atoms with E-state index in [2.05, 4.69) is 18.9 Å². The highest BCUT2D eigenvalue weighted by Crippen LogP contribution is 2.19. The van der Waals surface area contributed by atoms with Crippen LogP contribution in [0.25, 0.3) is 0 Å². The van der Waals surface area contributed by atoms with Crippen LogP contribution in [0.4, 0.5) is 0 Å². The van der Waals surface area contributed by atoms with Gasteiger partial charge in [-0.05, 0) is 31.4 Å². The van der Waals surface area contributed by atoms with Crippen molar-refractivity contribution in [3.05, 3.63) is 29.8 Å². The Morgan fingerprint density at radius 3 is 2.72 bits per heavy atom. The van der Waals surface area contributed by atoms with Crippen LogP contribution in [-0.2, 0) is 11.3 Å². The maximum absolute atomic E-state index is 9.35. The molecule has 1 heterocycles. The van der Waals surface area contributed by atoms with E-state index in [1.807, 2.05) is 18.2 Å². The second-order valence-electron chi connectivity index (χ2n) is 4.92. The van der Waals surface area contributed by atoms with Crippen molar-refractivity contribution in [2.45, 2.75) is 32.0 Å². The van der Waals surface area contributed by atoms with E-state index in [9.17, 15) is 10.0 Å². The van der Waals surface area contributed by atoms with E-state index in [0.29, 0.717) is 18.0 Å². The van der Waals surface area contributed by atoms with Crippen LogP contribution in [0, 0.1) is 0 Å². The summed E-state index contributed by atoms with van der Waals surface area (Å²) in [7, 11) is 0.642. The first-order valence-corrected chi connectivity index (χ1v) is 6.35. The lowest BCUT2D eigenvalue weighted by Gasteiger charge is -2.27. The smallest absolute Gasteiger partial charge is 0.423 e. The molecule has 2 atom stereocenters. The third-order valence-electron chi connectivity index (χ3n) is 3.66. The molecule has 1 saturated heterocycles. The quantitative estimate of drug-likeness (QED) is 0.736. The molecular formula is C13H20BNO3. The molecule has 0 radical (unpaired) electrons. The predicted molar refractivity (Wildman–Crippen MR) is 71.6 cm³/mol. The first kappa shape index (κ1) is 13.6. The van der Waals surface area contributed by atoms with E-state index in [0.717, 1.165) is 18.6 Å². The van der Waals surface area contributed by atoms with E-state index < -0.39 is 7.12 Å². The van der Waals surface area contributed by atoms with Gasteiger partial charge >= 0.3 is 7.12 Å². The Kier molecular flexibility index (Phi) is 4.40. The Labute approximate surface area is 108 Å². The zero-order chi connectivity index (χ0) is 13.1. The van der Waals surface area contributed by atoms with Crippen molar-refractivity contribution in [1.29, 1.82) is 0 Å². The summed E-state index contributed by atoms with van der Waals surface area (Å²) in [6.45, 7) is 3.59. The van der Waals surface area contributed by atoms with Gasteiger partial charge in [-0.1, -0.05) is 24.3 Å². The first-order chi connectivity index (χ1) is 8.59. The normalized spacial score (nSPS) is 23.6. The predicted octanol–water partition coefficient (Wildman–Crippen LogP) is -0.0244. The van der Waals surface area contributed by atoms with Gasteiger partial charge in [-0.3, -0.25) is 4.90 Å². The summed E-state index contributed by atoms with van der Waals surface area (Å²) in [6, 6.07) is 7.83. The molecule has 1 aromatic carbocycles. The van der Waals surface area contributed by atoms with Gasteiger partial charge in [-0.25, -0.2) is 0 Å². The topological polar surface area (TPSA) is 52.9 Å². The third kappa shape index (κ3) is 2.92. The summed E-state index contributed by atoms with van der Waals surface area (Å²) in [5.74, 6) is 0. The van der Waals surface area contributed by atoms with E-state index in [1.54, 1.807) is 6.07 Å². The van der Waals surface area contributed by atoms with Crippen molar-refractivity contribution in [3.8, 4) is 0 Å². The number of hydrogen-bond acceptors (Lipinski definition) is 4. The van der Waals surface area contributed by atoms with Crippen molar-refractivity contribution in [3.63, 3.8) is 0 Å². The van der Waals surface area contributed by atoms with Crippen LogP contribution in [0.2, 0.25) is 0 Å². The van der Waals surface area contributed by atoms with E-state index in [-0.39, 0.29) is 6.10 Å². The summed E-state index contributed by atoms with van der Waals surface area (Å²) < 4.78 is 5.56. The van der Waals surface area contributed by atoms with Crippen LogP contribution < -0.4 is 5.46 Å². The third-order valence-corrected chi connectivity index (χ3v) is 3.66. The summed E-state index contributed by atoms with van der Waals surface area (Å²) >= 11 is 0. The van der Waals surface area contributed by atoms with Crippen molar-refractivity contribution in [2.24, 2.45) is 0 Å². The van der Waals surface area contributed by atoms with Gasteiger partial charge in [-0.2, -0.15) is 0 Å². The highest BCUT2D eigenvalue weighted by Gasteiger charge is 2.28. The van der Waals surface area contributed by atoms with Crippen LogP contribution in [0.3, 0.4) is 0 Å². The van der Waals surface area contributed by atoms with Crippen molar-refractivity contribution in [2.75, 3.05) is 13.7 Å². The van der Waals surface area contributed by atoms with Gasteiger partial charge in [-0.15, -0.1) is 0 Å². The molecule has 1 fully saturated rings. The fourth-order valence-corrected chi connectivity index (χ4v) is 2.62. The van der Waals surface area contributed by atoms with Crippen molar-refractivity contribution >= 4 is 12.6 Å². The second kappa shape index (κ2) is 5.84. The Morgan fingerprint density at radius 1 is 1.39 bits per heavy atom.